The van der Waals surface area contributed by atoms with Crippen molar-refractivity contribution >= 4 is 69.1 Å². The number of Topliss-reactive ketones (excluding diaryl/α,β-unsaturated/α-hetero) is 4. The van der Waals surface area contributed by atoms with Crippen LogP contribution in [0.15, 0.2) is 36.4 Å². The van der Waals surface area contributed by atoms with Crippen molar-refractivity contribution in [1.29, 1.82) is 0 Å². The lowest BCUT2D eigenvalue weighted by Gasteiger charge is -2.32. The number of hydrogen-bond donors (Lipinski definition) is 0. The maximum Gasteiger partial charge on any atom is 0.416 e. The number of thiazole rings is 2. The lowest BCUT2D eigenvalue weighted by molar-refractivity contribution is -0.137. The van der Waals surface area contributed by atoms with Gasteiger partial charge in [0, 0.05) is 22.3 Å². The normalized spacial score (nSPS) is 20.0. The van der Waals surface area contributed by atoms with Gasteiger partial charge in [-0.2, -0.15) is 13.2 Å². The molecule has 4 aliphatic carbocycles. The molecule has 0 amide bonds. The topological polar surface area (TPSA) is 94.1 Å². The summed E-state index contributed by atoms with van der Waals surface area (Å²) >= 11 is 2.77. The minimum Gasteiger partial charge on any atom is -0.285 e. The van der Waals surface area contributed by atoms with E-state index in [4.69, 9.17) is 9.97 Å². The van der Waals surface area contributed by atoms with Gasteiger partial charge in [-0.05, 0) is 61.2 Å². The van der Waals surface area contributed by atoms with Crippen molar-refractivity contribution in [3.8, 4) is 9.75 Å². The van der Waals surface area contributed by atoms with Crippen LogP contribution in [0.4, 0.5) is 13.2 Å². The number of aryl methyl sites for hydroxylation is 1. The fourth-order valence-electron chi connectivity index (χ4n) is 6.99. The first-order chi connectivity index (χ1) is 21.5. The van der Waals surface area contributed by atoms with E-state index in [9.17, 15) is 32.3 Å². The molecular weight excluding hydrogens is 622 g/mol. The lowest BCUT2D eigenvalue weighted by Crippen LogP contribution is -2.29. The monoisotopic (exact) mass is 642 g/mol. The molecule has 0 unspecified atom stereocenters. The Hall–Kier alpha value is -4.35. The number of alkyl halides is 3. The molecule has 45 heavy (non-hydrogen) atoms. The Balaban J connectivity index is 1.23. The van der Waals surface area contributed by atoms with E-state index < -0.39 is 40.3 Å². The van der Waals surface area contributed by atoms with Crippen LogP contribution in [0.3, 0.4) is 0 Å². The Kier molecular flexibility index (Phi) is 5.99. The van der Waals surface area contributed by atoms with Gasteiger partial charge in [0.1, 0.15) is 10.0 Å². The van der Waals surface area contributed by atoms with E-state index in [1.807, 2.05) is 13.0 Å². The van der Waals surface area contributed by atoms with Crippen LogP contribution in [0.5, 0.6) is 0 Å². The molecule has 1 fully saturated rings. The van der Waals surface area contributed by atoms with Gasteiger partial charge >= 0.3 is 6.18 Å². The second kappa shape index (κ2) is 9.58. The predicted molar refractivity (Wildman–Crippen MR) is 164 cm³/mol. The van der Waals surface area contributed by atoms with Crippen molar-refractivity contribution in [1.82, 2.24) is 9.97 Å². The standard InChI is InChI=1S/C34H21F3N2O4S2/c1-15-5-7-17-19(11-15)25(40)27(42)21(17)13-23-38-31-29(44-23)30-32(33(31)9-3-2-4-10-33)39-24(45-30)14-22-18-8-6-16(34(35,36)37)12-20(18)26(41)28(22)43/h5-8,11-14H,2-4,9-10H2,1H3/b21-13-,22-14-. The van der Waals surface area contributed by atoms with E-state index in [1.165, 1.54) is 34.8 Å². The van der Waals surface area contributed by atoms with Crippen molar-refractivity contribution < 1.29 is 32.3 Å². The lowest BCUT2D eigenvalue weighted by atomic mass is 9.72. The number of hydrogen-bond acceptors (Lipinski definition) is 8. The van der Waals surface area contributed by atoms with Gasteiger partial charge in [0.25, 0.3) is 0 Å². The number of nitrogens with zero attached hydrogens (tertiary/aromatic N) is 2. The molecule has 0 aliphatic heterocycles. The highest BCUT2D eigenvalue weighted by atomic mass is 32.1. The van der Waals surface area contributed by atoms with Crippen molar-refractivity contribution in [3.05, 3.63) is 91.2 Å². The first-order valence-corrected chi connectivity index (χ1v) is 16.1. The number of fused-ring (bicyclic) bond motifs is 7. The minimum absolute atomic E-state index is 0.0297. The van der Waals surface area contributed by atoms with Gasteiger partial charge < -0.3 is 0 Å². The van der Waals surface area contributed by atoms with Crippen LogP contribution in [0, 0.1) is 6.92 Å². The molecule has 2 aromatic carbocycles. The van der Waals surface area contributed by atoms with Crippen molar-refractivity contribution in [2.24, 2.45) is 0 Å². The van der Waals surface area contributed by atoms with Crippen LogP contribution in [0.1, 0.15) is 96.5 Å². The average molecular weight is 643 g/mol. The molecule has 0 radical (unpaired) electrons. The smallest absolute Gasteiger partial charge is 0.285 e. The summed E-state index contributed by atoms with van der Waals surface area (Å²) < 4.78 is 39.9. The van der Waals surface area contributed by atoms with Crippen molar-refractivity contribution in [2.75, 3.05) is 0 Å². The molecule has 8 rings (SSSR count). The maximum absolute atomic E-state index is 13.3. The second-order valence-electron chi connectivity index (χ2n) is 11.8. The number of rotatable bonds is 2. The molecule has 224 valence electrons. The van der Waals surface area contributed by atoms with Crippen LogP contribution >= 0.6 is 22.7 Å². The number of halogens is 3. The fraction of sp³-hybridized carbons (Fsp3) is 0.235. The van der Waals surface area contributed by atoms with Crippen LogP contribution in [0.25, 0.3) is 33.1 Å². The molecule has 1 spiro atoms. The number of carbonyl (C=O) groups excluding carboxylic acids is 4. The zero-order chi connectivity index (χ0) is 31.4. The van der Waals surface area contributed by atoms with E-state index in [0.717, 1.165) is 70.9 Å². The fourth-order valence-corrected chi connectivity index (χ4v) is 9.34. The molecule has 2 aromatic heterocycles. The highest BCUT2D eigenvalue weighted by molar-refractivity contribution is 7.23. The summed E-state index contributed by atoms with van der Waals surface area (Å²) in [6, 6.07) is 8.17. The van der Waals surface area contributed by atoms with Gasteiger partial charge in [0.2, 0.25) is 23.1 Å². The zero-order valence-electron chi connectivity index (χ0n) is 23.6. The van der Waals surface area contributed by atoms with Gasteiger partial charge in [-0.3, -0.25) is 19.2 Å². The van der Waals surface area contributed by atoms with Crippen molar-refractivity contribution in [3.63, 3.8) is 0 Å². The summed E-state index contributed by atoms with van der Waals surface area (Å²) in [6.45, 7) is 1.87. The molecule has 0 bridgehead atoms. The SMILES string of the molecule is Cc1ccc2c(c1)C(=O)C(=O)/C2=C\c1nc2c(s1)-c1sc(/C=C3\C(=O)C(=O)c4cc(C(F)(F)F)ccc43)nc1C21CCCCC1. The molecule has 11 heteroatoms. The summed E-state index contributed by atoms with van der Waals surface area (Å²) in [5.41, 5.74) is 2.51. The van der Waals surface area contributed by atoms with E-state index in [-0.39, 0.29) is 16.7 Å². The van der Waals surface area contributed by atoms with Gasteiger partial charge in [0.15, 0.2) is 0 Å². The molecule has 4 aromatic rings. The summed E-state index contributed by atoms with van der Waals surface area (Å²) in [6.07, 6.45) is 3.24. The van der Waals surface area contributed by atoms with E-state index in [0.29, 0.717) is 26.7 Å². The molecule has 4 aliphatic rings. The third-order valence-electron chi connectivity index (χ3n) is 9.14. The van der Waals surface area contributed by atoms with Gasteiger partial charge in [-0.1, -0.05) is 43.0 Å². The number of benzene rings is 2. The third-order valence-corrected chi connectivity index (χ3v) is 11.3. The molecule has 0 N–H and O–H groups in total. The Labute approximate surface area is 262 Å². The van der Waals surface area contributed by atoms with E-state index >= 15 is 0 Å². The highest BCUT2D eigenvalue weighted by Gasteiger charge is 2.49. The van der Waals surface area contributed by atoms with E-state index in [2.05, 4.69) is 0 Å². The Morgan fingerprint density at radius 2 is 1.20 bits per heavy atom. The predicted octanol–water partition coefficient (Wildman–Crippen LogP) is 7.77. The molecular formula is C34H21F3N2O4S2. The van der Waals surface area contributed by atoms with E-state index in [1.54, 1.807) is 18.2 Å². The molecule has 0 saturated heterocycles. The largest absolute Gasteiger partial charge is 0.416 e. The van der Waals surface area contributed by atoms with Crippen LogP contribution < -0.4 is 0 Å². The summed E-state index contributed by atoms with van der Waals surface area (Å²) in [4.78, 5) is 63.1. The first-order valence-electron chi connectivity index (χ1n) is 14.4. The maximum atomic E-state index is 13.3. The van der Waals surface area contributed by atoms with Gasteiger partial charge in [-0.15, -0.1) is 22.7 Å². The number of carbonyl (C=O) groups is 4. The number of aromatic nitrogens is 2. The Morgan fingerprint density at radius 1 is 0.689 bits per heavy atom. The quantitative estimate of drug-likeness (QED) is 0.164. The van der Waals surface area contributed by atoms with Crippen molar-refractivity contribution in [2.45, 2.75) is 50.6 Å². The second-order valence-corrected chi connectivity index (χ2v) is 13.9. The third kappa shape index (κ3) is 4.06. The highest BCUT2D eigenvalue weighted by Crippen LogP contribution is 2.59. The minimum atomic E-state index is -4.64. The summed E-state index contributed by atoms with van der Waals surface area (Å²) in [5.74, 6) is -2.89. The van der Waals surface area contributed by atoms with Crippen LogP contribution in [0.2, 0.25) is 0 Å². The Bertz CT molecular complexity index is 2130. The first kappa shape index (κ1) is 28.1. The molecule has 1 saturated carbocycles. The summed E-state index contributed by atoms with van der Waals surface area (Å²) in [5, 5.41) is 1.09. The van der Waals surface area contributed by atoms with Crippen LogP contribution in [-0.2, 0) is 21.2 Å². The summed E-state index contributed by atoms with van der Waals surface area (Å²) in [7, 11) is 0. The number of allylic oxidation sites excluding steroid dienone is 2. The molecule has 2 heterocycles. The zero-order valence-corrected chi connectivity index (χ0v) is 25.3. The number of ketones is 4. The van der Waals surface area contributed by atoms with Gasteiger partial charge in [-0.25, -0.2) is 9.97 Å². The van der Waals surface area contributed by atoms with Gasteiger partial charge in [0.05, 0.1) is 32.1 Å². The molecule has 0 atom stereocenters. The molecule has 6 nitrogen and oxygen atoms in total. The van der Waals surface area contributed by atoms with Crippen LogP contribution in [-0.4, -0.2) is 33.1 Å². The average Bonchev–Trinajstić information content (AvgIpc) is 3.78. The Morgan fingerprint density at radius 3 is 1.73 bits per heavy atom.